The second-order valence-electron chi connectivity index (χ2n) is 7.43. The Balaban J connectivity index is 1.40. The van der Waals surface area contributed by atoms with Crippen LogP contribution in [0.5, 0.6) is 0 Å². The van der Waals surface area contributed by atoms with Crippen molar-refractivity contribution in [2.24, 2.45) is 0 Å². The average molecular weight is 389 g/mol. The molecule has 0 radical (unpaired) electrons. The fraction of sp³-hybridized carbons (Fsp3) is 0.292. The highest BCUT2D eigenvalue weighted by molar-refractivity contribution is 5.92. The lowest BCUT2D eigenvalue weighted by Gasteiger charge is -2.29. The molecule has 0 spiro atoms. The number of hydrogen-bond acceptors (Lipinski definition) is 3. The quantitative estimate of drug-likeness (QED) is 0.646. The second-order valence-corrected chi connectivity index (χ2v) is 7.43. The average Bonchev–Trinajstić information content (AvgIpc) is 3.23. The van der Waals surface area contributed by atoms with Crippen LogP contribution in [-0.4, -0.2) is 48.7 Å². The van der Waals surface area contributed by atoms with Gasteiger partial charge in [0.05, 0.1) is 13.2 Å². The Hall–Kier alpha value is -3.05. The topological polar surface area (TPSA) is 37.7 Å². The van der Waals surface area contributed by atoms with Crippen LogP contribution >= 0.6 is 0 Å². The van der Waals surface area contributed by atoms with Crippen molar-refractivity contribution < 1.29 is 9.53 Å². The van der Waals surface area contributed by atoms with Crippen LogP contribution in [0, 0.1) is 0 Å². The lowest BCUT2D eigenvalue weighted by molar-refractivity contribution is 0.0775. The van der Waals surface area contributed by atoms with E-state index >= 15 is 0 Å². The number of aromatic nitrogens is 1. The molecule has 0 aliphatic carbocycles. The second kappa shape index (κ2) is 8.97. The predicted octanol–water partition coefficient (Wildman–Crippen LogP) is 3.65. The molecule has 150 valence electrons. The van der Waals surface area contributed by atoms with Gasteiger partial charge < -0.3 is 19.1 Å². The zero-order valence-electron chi connectivity index (χ0n) is 16.8. The Bertz CT molecular complexity index is 928. The maximum atomic E-state index is 13.0. The molecule has 1 aliphatic rings. The summed E-state index contributed by atoms with van der Waals surface area (Å²) >= 11 is 0. The Morgan fingerprint density at radius 1 is 0.931 bits per heavy atom. The highest BCUT2D eigenvalue weighted by Crippen LogP contribution is 2.18. The van der Waals surface area contributed by atoms with E-state index in [1.807, 2.05) is 48.1 Å². The minimum Gasteiger partial charge on any atom is -0.378 e. The summed E-state index contributed by atoms with van der Waals surface area (Å²) in [6.07, 6.45) is 1.96. The number of carbonyl (C=O) groups excluding carboxylic acids is 1. The Morgan fingerprint density at radius 3 is 2.38 bits per heavy atom. The summed E-state index contributed by atoms with van der Waals surface area (Å²) in [5.41, 5.74) is 4.22. The maximum Gasteiger partial charge on any atom is 0.270 e. The minimum atomic E-state index is 0.0307. The van der Waals surface area contributed by atoms with Gasteiger partial charge in [0.25, 0.3) is 5.91 Å². The summed E-state index contributed by atoms with van der Waals surface area (Å²) in [7, 11) is 1.86. The number of benzene rings is 2. The molecular weight excluding hydrogens is 362 g/mol. The smallest absolute Gasteiger partial charge is 0.270 e. The molecule has 2 aromatic carbocycles. The lowest BCUT2D eigenvalue weighted by atomic mass is 10.1. The molecule has 0 bridgehead atoms. The molecule has 1 aromatic heterocycles. The highest BCUT2D eigenvalue weighted by atomic mass is 16.5. The third-order valence-electron chi connectivity index (χ3n) is 5.32. The number of anilines is 1. The third-order valence-corrected chi connectivity index (χ3v) is 5.32. The van der Waals surface area contributed by atoms with Crippen LogP contribution in [0.15, 0.2) is 72.9 Å². The summed E-state index contributed by atoms with van der Waals surface area (Å²) in [6, 6.07) is 22.5. The Kier molecular flexibility index (Phi) is 5.96. The van der Waals surface area contributed by atoms with E-state index in [1.165, 1.54) is 11.3 Å². The number of ether oxygens (including phenoxy) is 1. The molecule has 1 saturated heterocycles. The van der Waals surface area contributed by atoms with Gasteiger partial charge in [0.15, 0.2) is 0 Å². The summed E-state index contributed by atoms with van der Waals surface area (Å²) < 4.78 is 7.43. The van der Waals surface area contributed by atoms with E-state index < -0.39 is 0 Å². The van der Waals surface area contributed by atoms with E-state index in [9.17, 15) is 4.79 Å². The predicted molar refractivity (Wildman–Crippen MR) is 115 cm³/mol. The van der Waals surface area contributed by atoms with Gasteiger partial charge in [-0.25, -0.2) is 0 Å². The highest BCUT2D eigenvalue weighted by Gasteiger charge is 2.17. The molecule has 2 heterocycles. The summed E-state index contributed by atoms with van der Waals surface area (Å²) in [5, 5.41) is 0. The molecule has 5 nitrogen and oxygen atoms in total. The van der Waals surface area contributed by atoms with Crippen LogP contribution in [-0.2, 0) is 17.8 Å². The van der Waals surface area contributed by atoms with Crippen molar-refractivity contribution in [3.63, 3.8) is 0 Å². The van der Waals surface area contributed by atoms with Gasteiger partial charge in [-0.15, -0.1) is 0 Å². The van der Waals surface area contributed by atoms with E-state index in [0.29, 0.717) is 18.8 Å². The first kappa shape index (κ1) is 19.3. The van der Waals surface area contributed by atoms with Crippen LogP contribution in [0.4, 0.5) is 5.69 Å². The first-order chi connectivity index (χ1) is 14.2. The van der Waals surface area contributed by atoms with E-state index in [2.05, 4.69) is 41.3 Å². The molecule has 1 aliphatic heterocycles. The molecule has 5 heteroatoms. The monoisotopic (exact) mass is 389 g/mol. The van der Waals surface area contributed by atoms with Crippen molar-refractivity contribution in [1.82, 2.24) is 9.47 Å². The Labute approximate surface area is 172 Å². The number of hydrogen-bond donors (Lipinski definition) is 0. The summed E-state index contributed by atoms with van der Waals surface area (Å²) in [6.45, 7) is 4.69. The fourth-order valence-corrected chi connectivity index (χ4v) is 3.70. The van der Waals surface area contributed by atoms with Crippen molar-refractivity contribution in [3.05, 3.63) is 89.7 Å². The molecule has 0 N–H and O–H groups in total. The molecule has 3 aromatic rings. The van der Waals surface area contributed by atoms with Crippen molar-refractivity contribution >= 4 is 11.6 Å². The van der Waals surface area contributed by atoms with Crippen LogP contribution in [0.2, 0.25) is 0 Å². The largest absolute Gasteiger partial charge is 0.378 e. The molecular formula is C24H27N3O2. The van der Waals surface area contributed by atoms with E-state index in [0.717, 1.165) is 31.9 Å². The van der Waals surface area contributed by atoms with E-state index in [-0.39, 0.29) is 5.91 Å². The van der Waals surface area contributed by atoms with Crippen LogP contribution in [0.1, 0.15) is 21.6 Å². The first-order valence-corrected chi connectivity index (χ1v) is 10.1. The Morgan fingerprint density at radius 2 is 1.66 bits per heavy atom. The number of carbonyl (C=O) groups is 1. The molecule has 0 saturated carbocycles. The van der Waals surface area contributed by atoms with Crippen molar-refractivity contribution in [3.8, 4) is 0 Å². The first-order valence-electron chi connectivity index (χ1n) is 10.1. The summed E-state index contributed by atoms with van der Waals surface area (Å²) in [4.78, 5) is 17.1. The van der Waals surface area contributed by atoms with Gasteiger partial charge in [-0.3, -0.25) is 4.79 Å². The third kappa shape index (κ3) is 4.69. The van der Waals surface area contributed by atoms with Crippen LogP contribution < -0.4 is 4.90 Å². The molecule has 4 rings (SSSR count). The normalized spacial score (nSPS) is 14.0. The van der Waals surface area contributed by atoms with Gasteiger partial charge in [0.1, 0.15) is 5.69 Å². The van der Waals surface area contributed by atoms with Gasteiger partial charge in [0.2, 0.25) is 0 Å². The summed E-state index contributed by atoms with van der Waals surface area (Å²) in [5.74, 6) is 0.0307. The number of morpholine rings is 1. The SMILES string of the molecule is CN(Cc1ccc(N2CCOCC2)cc1)C(=O)c1cccn1Cc1ccccc1. The zero-order chi connectivity index (χ0) is 20.1. The molecule has 29 heavy (non-hydrogen) atoms. The number of rotatable bonds is 6. The van der Waals surface area contributed by atoms with E-state index in [1.54, 1.807) is 4.90 Å². The van der Waals surface area contributed by atoms with Gasteiger partial charge in [-0.1, -0.05) is 42.5 Å². The van der Waals surface area contributed by atoms with Gasteiger partial charge in [-0.2, -0.15) is 0 Å². The molecule has 0 atom stereocenters. The zero-order valence-corrected chi connectivity index (χ0v) is 16.8. The van der Waals surface area contributed by atoms with Crippen LogP contribution in [0.3, 0.4) is 0 Å². The van der Waals surface area contributed by atoms with E-state index in [4.69, 9.17) is 4.74 Å². The lowest BCUT2D eigenvalue weighted by Crippen LogP contribution is -2.36. The van der Waals surface area contributed by atoms with Gasteiger partial charge >= 0.3 is 0 Å². The minimum absolute atomic E-state index is 0.0307. The van der Waals surface area contributed by atoms with Gasteiger partial charge in [-0.05, 0) is 35.4 Å². The standard InChI is InChI=1S/C24H27N3O2/c1-25(18-21-9-11-22(12-10-21)26-14-16-29-17-15-26)24(28)23-8-5-13-27(23)19-20-6-3-2-4-7-20/h2-13H,14-19H2,1H3. The van der Waals surface area contributed by atoms with Crippen molar-refractivity contribution in [1.29, 1.82) is 0 Å². The molecule has 1 fully saturated rings. The molecule has 1 amide bonds. The van der Waals surface area contributed by atoms with Crippen molar-refractivity contribution in [2.75, 3.05) is 38.3 Å². The number of amides is 1. The van der Waals surface area contributed by atoms with Gasteiger partial charge in [0, 0.05) is 45.1 Å². The maximum absolute atomic E-state index is 13.0. The van der Waals surface area contributed by atoms with Crippen LogP contribution in [0.25, 0.3) is 0 Å². The van der Waals surface area contributed by atoms with Crippen molar-refractivity contribution in [2.45, 2.75) is 13.1 Å². The molecule has 0 unspecified atom stereocenters. The number of nitrogens with zero attached hydrogens (tertiary/aromatic N) is 3. The fourth-order valence-electron chi connectivity index (χ4n) is 3.70.